The molecule has 0 spiro atoms. The number of nitrogens with two attached hydrogens (primary N) is 1. The number of anilines is 1. The number of nitrogens with zero attached hydrogens (tertiary/aromatic N) is 1. The summed E-state index contributed by atoms with van der Waals surface area (Å²) >= 11 is 6.07. The van der Waals surface area contributed by atoms with Crippen molar-refractivity contribution >= 4 is 45.3 Å². The molecule has 1 saturated heterocycles. The Labute approximate surface area is 272 Å². The number of benzene rings is 2. The maximum absolute atomic E-state index is 13.8. The molecule has 254 valence electrons. The molecule has 0 radical (unpaired) electrons. The molecular weight excluding hydrogens is 672 g/mol. The zero-order chi connectivity index (χ0) is 34.5. The molecule has 2 heterocycles. The smallest absolute Gasteiger partial charge is 0.413 e. The number of sulfonamides is 1. The number of hydrogen-bond acceptors (Lipinski definition) is 12. The number of rotatable bonds is 11. The van der Waals surface area contributed by atoms with Crippen molar-refractivity contribution in [3.63, 3.8) is 0 Å². The van der Waals surface area contributed by atoms with Gasteiger partial charge in [-0.05, 0) is 50.2 Å². The molecule has 1 aliphatic rings. The van der Waals surface area contributed by atoms with Crippen molar-refractivity contribution < 1.29 is 60.1 Å². The number of esters is 2. The molecule has 1 aliphatic heterocycles. The molecule has 1 fully saturated rings. The molecule has 0 saturated carbocycles. The Bertz CT molecular complexity index is 1720. The predicted molar refractivity (Wildman–Crippen MR) is 158 cm³/mol. The van der Waals surface area contributed by atoms with Gasteiger partial charge in [-0.3, -0.25) is 9.69 Å². The average molecular weight is 702 g/mol. The van der Waals surface area contributed by atoms with Gasteiger partial charge in [-0.15, -0.1) is 0 Å². The Morgan fingerprint density at radius 2 is 1.83 bits per heavy atom. The summed E-state index contributed by atoms with van der Waals surface area (Å²) < 4.78 is 77.3. The van der Waals surface area contributed by atoms with Crippen LogP contribution in [0.15, 0.2) is 58.0 Å². The highest BCUT2D eigenvalue weighted by Crippen LogP contribution is 2.36. The normalized spacial score (nSPS) is 19.6. The zero-order valence-corrected chi connectivity index (χ0v) is 26.5. The Balaban J connectivity index is 1.31. The topological polar surface area (TPSA) is 197 Å². The molecular formula is C29H30ClF2N3O11S. The molecule has 0 unspecified atom stereocenters. The molecule has 3 atom stereocenters. The number of ether oxygens (including phenoxy) is 4. The maximum Gasteiger partial charge on any atom is 0.413 e. The van der Waals surface area contributed by atoms with Crippen LogP contribution in [-0.4, -0.2) is 68.5 Å². The molecule has 2 aromatic carbocycles. The summed E-state index contributed by atoms with van der Waals surface area (Å²) in [6.45, 7) is 1.48. The van der Waals surface area contributed by atoms with Gasteiger partial charge < -0.3 is 33.8 Å². The molecule has 1 amide bonds. The minimum Gasteiger partial charge on any atom is -0.467 e. The predicted octanol–water partition coefficient (Wildman–Crippen LogP) is 3.61. The first-order chi connectivity index (χ1) is 22.1. The molecule has 0 bridgehead atoms. The summed E-state index contributed by atoms with van der Waals surface area (Å²) in [5.41, 5.74) is -0.408. The SMILES string of the molecule is C[C@@H]1CO[C@@](O)(c2cc(F)cc(F)c2)[C@H](C)N1C(=O)OCOC(=O)CCOC(=O)c1cc(S(N)(=O)=O)c(Cl)cc1NCc1ccco1. The molecule has 18 heteroatoms. The first-order valence-corrected chi connectivity index (χ1v) is 15.8. The fraction of sp³-hybridized carbons (Fsp3) is 0.345. The first-order valence-electron chi connectivity index (χ1n) is 13.8. The second kappa shape index (κ2) is 14.6. The van der Waals surface area contributed by atoms with Crippen LogP contribution < -0.4 is 10.5 Å². The van der Waals surface area contributed by atoms with Crippen LogP contribution in [0.4, 0.5) is 19.3 Å². The molecule has 3 aromatic rings. The van der Waals surface area contributed by atoms with Gasteiger partial charge >= 0.3 is 18.0 Å². The van der Waals surface area contributed by atoms with Crippen LogP contribution in [0, 0.1) is 11.6 Å². The third-order valence-electron chi connectivity index (χ3n) is 7.06. The Morgan fingerprint density at radius 3 is 2.47 bits per heavy atom. The van der Waals surface area contributed by atoms with Crippen LogP contribution in [0.1, 0.15) is 41.9 Å². The van der Waals surface area contributed by atoms with Crippen LogP contribution in [0.5, 0.6) is 0 Å². The van der Waals surface area contributed by atoms with Crippen LogP contribution in [0.25, 0.3) is 0 Å². The van der Waals surface area contributed by atoms with E-state index < -0.39 is 82.3 Å². The molecule has 14 nitrogen and oxygen atoms in total. The van der Waals surface area contributed by atoms with Crippen molar-refractivity contribution in [2.45, 2.75) is 49.6 Å². The summed E-state index contributed by atoms with van der Waals surface area (Å²) in [7, 11) is -4.31. The Morgan fingerprint density at radius 1 is 1.13 bits per heavy atom. The second-order valence-electron chi connectivity index (χ2n) is 10.3. The molecule has 4 N–H and O–H groups in total. The van der Waals surface area contributed by atoms with E-state index >= 15 is 0 Å². The summed E-state index contributed by atoms with van der Waals surface area (Å²) in [5, 5.41) is 19.0. The Hall–Kier alpha value is -4.29. The minimum absolute atomic E-state index is 0.0966. The van der Waals surface area contributed by atoms with Crippen molar-refractivity contribution in [2.75, 3.05) is 25.3 Å². The maximum atomic E-state index is 13.8. The number of aliphatic hydroxyl groups is 1. The van der Waals surface area contributed by atoms with Crippen molar-refractivity contribution in [3.8, 4) is 0 Å². The van der Waals surface area contributed by atoms with Crippen LogP contribution in [0.2, 0.25) is 5.02 Å². The van der Waals surface area contributed by atoms with Crippen LogP contribution >= 0.6 is 11.6 Å². The monoisotopic (exact) mass is 701 g/mol. The summed E-state index contributed by atoms with van der Waals surface area (Å²) in [5.74, 6) is -5.65. The highest BCUT2D eigenvalue weighted by Gasteiger charge is 2.49. The van der Waals surface area contributed by atoms with Gasteiger partial charge in [0.25, 0.3) is 0 Å². The van der Waals surface area contributed by atoms with Crippen LogP contribution in [-0.2, 0) is 46.1 Å². The van der Waals surface area contributed by atoms with Gasteiger partial charge in [-0.1, -0.05) is 11.6 Å². The van der Waals surface area contributed by atoms with E-state index in [0.717, 1.165) is 23.1 Å². The minimum atomic E-state index is -4.31. The number of hydrogen-bond donors (Lipinski definition) is 3. The molecule has 4 rings (SSSR count). The van der Waals surface area contributed by atoms with E-state index in [9.17, 15) is 36.7 Å². The standard InChI is InChI=1S/C29H30ClF2N3O11S/c1-16-14-46-29(39,18-8-19(31)10-20(32)9-18)17(2)35(16)28(38)45-15-44-26(36)5-7-43-27(37)22-11-25(47(33,40)41)23(30)12-24(22)34-13-21-4-3-6-42-21/h3-4,6,8-12,16-17,34,39H,5,7,13-15H2,1-2H3,(H2,33,40,41)/t16-,17+,29-/m1/s1. The average Bonchev–Trinajstić information content (AvgIpc) is 3.51. The van der Waals surface area contributed by atoms with E-state index in [1.54, 1.807) is 19.1 Å². The number of carbonyl (C=O) groups is 3. The van der Waals surface area contributed by atoms with E-state index in [2.05, 4.69) is 5.32 Å². The molecule has 1 aromatic heterocycles. The summed E-state index contributed by atoms with van der Waals surface area (Å²) in [6, 6.07) is 5.94. The summed E-state index contributed by atoms with van der Waals surface area (Å²) in [4.78, 5) is 38.5. The van der Waals surface area contributed by atoms with E-state index in [-0.39, 0.29) is 35.0 Å². The number of nitrogens with one attached hydrogen (secondary N) is 1. The molecule has 0 aliphatic carbocycles. The van der Waals surface area contributed by atoms with Crippen LogP contribution in [0.3, 0.4) is 0 Å². The van der Waals surface area contributed by atoms with E-state index in [4.69, 9.17) is 40.1 Å². The Kier molecular flexibility index (Phi) is 11.1. The second-order valence-corrected chi connectivity index (χ2v) is 12.3. The van der Waals surface area contributed by atoms with Gasteiger partial charge in [0.2, 0.25) is 22.6 Å². The lowest BCUT2D eigenvalue weighted by Crippen LogP contribution is -2.62. The van der Waals surface area contributed by atoms with Crippen molar-refractivity contribution in [1.82, 2.24) is 4.90 Å². The number of primary sulfonamides is 1. The zero-order valence-electron chi connectivity index (χ0n) is 24.9. The lowest BCUT2D eigenvalue weighted by molar-refractivity contribution is -0.280. The first kappa shape index (κ1) is 35.6. The number of halogens is 3. The van der Waals surface area contributed by atoms with Gasteiger partial charge in [0.1, 0.15) is 28.9 Å². The third-order valence-corrected chi connectivity index (χ3v) is 8.44. The lowest BCUT2D eigenvalue weighted by Gasteiger charge is -2.47. The highest BCUT2D eigenvalue weighted by atomic mass is 35.5. The van der Waals surface area contributed by atoms with Gasteiger partial charge in [0, 0.05) is 11.6 Å². The molecule has 47 heavy (non-hydrogen) atoms. The van der Waals surface area contributed by atoms with Crippen molar-refractivity contribution in [2.24, 2.45) is 5.14 Å². The van der Waals surface area contributed by atoms with E-state index in [1.165, 1.54) is 19.3 Å². The van der Waals surface area contributed by atoms with Crippen molar-refractivity contribution in [3.05, 3.63) is 82.3 Å². The third kappa shape index (κ3) is 8.55. The fourth-order valence-electron chi connectivity index (χ4n) is 4.72. The lowest BCUT2D eigenvalue weighted by atomic mass is 9.94. The number of carbonyl (C=O) groups excluding carboxylic acids is 3. The van der Waals surface area contributed by atoms with Gasteiger partial charge in [-0.25, -0.2) is 31.9 Å². The quantitative estimate of drug-likeness (QED) is 0.194. The summed E-state index contributed by atoms with van der Waals surface area (Å²) in [6.07, 6.45) is -0.0698. The van der Waals surface area contributed by atoms with E-state index in [0.29, 0.717) is 11.8 Å². The van der Waals surface area contributed by atoms with Gasteiger partial charge in [-0.2, -0.15) is 0 Å². The van der Waals surface area contributed by atoms with Gasteiger partial charge in [0.15, 0.2) is 0 Å². The number of furan rings is 1. The highest BCUT2D eigenvalue weighted by molar-refractivity contribution is 7.89. The van der Waals surface area contributed by atoms with Crippen molar-refractivity contribution in [1.29, 1.82) is 0 Å². The van der Waals surface area contributed by atoms with E-state index in [1.807, 2.05) is 0 Å². The number of amides is 1. The largest absolute Gasteiger partial charge is 0.467 e. The van der Waals surface area contributed by atoms with Gasteiger partial charge in [0.05, 0.1) is 54.2 Å². The fourth-order valence-corrected chi connectivity index (χ4v) is 5.82. The number of morpholine rings is 1.